The van der Waals surface area contributed by atoms with Gasteiger partial charge in [-0.15, -0.1) is 0 Å². The average Bonchev–Trinajstić information content (AvgIpc) is 3.25. The highest BCUT2D eigenvalue weighted by Gasteiger charge is 2.54. The minimum Gasteiger partial charge on any atom is -0.389 e. The van der Waals surface area contributed by atoms with Gasteiger partial charge in [0.15, 0.2) is 0 Å². The van der Waals surface area contributed by atoms with Crippen LogP contribution in [-0.2, 0) is 16.6 Å². The van der Waals surface area contributed by atoms with Crippen molar-refractivity contribution in [2.24, 2.45) is 5.73 Å². The summed E-state index contributed by atoms with van der Waals surface area (Å²) in [6.07, 6.45) is 15.9. The molecule has 1 aromatic carbocycles. The molecule has 2 amide bonds. The molecule has 1 fully saturated rings. The second-order valence-electron chi connectivity index (χ2n) is 13.3. The zero-order chi connectivity index (χ0) is 35.2. The van der Waals surface area contributed by atoms with E-state index in [2.05, 4.69) is 59.3 Å². The molecular formula is C39H65N6O3+. The van der Waals surface area contributed by atoms with E-state index in [9.17, 15) is 14.7 Å². The molecule has 1 aromatic rings. The van der Waals surface area contributed by atoms with Crippen molar-refractivity contribution < 1.29 is 19.7 Å². The molecule has 0 spiro atoms. The summed E-state index contributed by atoms with van der Waals surface area (Å²) in [6.45, 7) is 17.4. The number of likely N-dealkylation sites (N-methyl/N-ethyl adjacent to an activating group) is 2. The third-order valence-corrected chi connectivity index (χ3v) is 9.51. The maximum Gasteiger partial charge on any atom is 0.251 e. The zero-order valence-corrected chi connectivity index (χ0v) is 30.1. The summed E-state index contributed by atoms with van der Waals surface area (Å²) in [5.41, 5.74) is 9.52. The fraction of sp³-hybridized carbons (Fsp3) is 0.564. The number of hydrogen-bond acceptors (Lipinski definition) is 5. The van der Waals surface area contributed by atoms with Crippen molar-refractivity contribution in [2.75, 3.05) is 27.2 Å². The van der Waals surface area contributed by atoms with E-state index in [1.54, 1.807) is 13.2 Å². The number of fused-ring (bicyclic) bond motifs is 1. The van der Waals surface area contributed by atoms with E-state index in [-0.39, 0.29) is 30.7 Å². The van der Waals surface area contributed by atoms with Crippen LogP contribution in [0.15, 0.2) is 66.9 Å². The largest absolute Gasteiger partial charge is 0.389 e. The summed E-state index contributed by atoms with van der Waals surface area (Å²) in [4.78, 5) is 30.2. The number of benzene rings is 1. The lowest BCUT2D eigenvalue weighted by atomic mass is 9.71. The number of likely N-dealkylation sites (tertiary alicyclic amines) is 1. The smallest absolute Gasteiger partial charge is 0.251 e. The number of aliphatic hydroxyl groups is 1. The van der Waals surface area contributed by atoms with Gasteiger partial charge in [0.05, 0.1) is 24.2 Å². The van der Waals surface area contributed by atoms with Gasteiger partial charge in [-0.1, -0.05) is 78.1 Å². The van der Waals surface area contributed by atoms with Gasteiger partial charge in [0.2, 0.25) is 5.84 Å². The highest BCUT2D eigenvalue weighted by atomic mass is 16.3. The van der Waals surface area contributed by atoms with E-state index in [0.717, 1.165) is 49.7 Å². The van der Waals surface area contributed by atoms with Gasteiger partial charge in [-0.25, -0.2) is 0 Å². The first-order valence-electron chi connectivity index (χ1n) is 17.1. The second-order valence-corrected chi connectivity index (χ2v) is 13.3. The molecule has 0 aromatic heterocycles. The van der Waals surface area contributed by atoms with Gasteiger partial charge in [0.25, 0.3) is 11.8 Å². The maximum absolute atomic E-state index is 13.4. The Morgan fingerprint density at radius 1 is 1.23 bits per heavy atom. The SMILES string of the molecule is C.C=CNCC([NH+]=C(N)CCC)C1(C)[C@H](O)C(NC(=O)c2cccc3c2CCCC3(C)C)CN1C.C\C=C/C=C\C(=C\CC)C(=O)NC. The van der Waals surface area contributed by atoms with Crippen molar-refractivity contribution in [3.63, 3.8) is 0 Å². The molecular weight excluding hydrogens is 600 g/mol. The maximum atomic E-state index is 13.4. The number of hydrogen-bond donors (Lipinski definition) is 6. The van der Waals surface area contributed by atoms with Crippen LogP contribution in [0, 0.1) is 0 Å². The molecule has 0 saturated carbocycles. The third kappa shape index (κ3) is 10.7. The van der Waals surface area contributed by atoms with Gasteiger partial charge in [-0.2, -0.15) is 0 Å². The van der Waals surface area contributed by atoms with Crippen LogP contribution in [0.25, 0.3) is 0 Å². The number of nitrogens with two attached hydrogens (primary N) is 1. The molecule has 0 bridgehead atoms. The monoisotopic (exact) mass is 666 g/mol. The zero-order valence-electron chi connectivity index (χ0n) is 30.1. The standard InChI is InChI=1S/C27H43N5O2.C11H17NO.CH4/c1-7-11-23(28)31-22(16-29-8-2)27(5)24(33)21(17-32(27)6)30-25(34)19-12-9-14-20-18(19)13-10-15-26(20,3)4;1-4-6-7-9-10(8-5-2)11(13)12-3;/h8-9,12,14,21-22,24,29,33H,2,7,10-11,13,15-17H2,1,3-6H3,(H2,28,31)(H,30,34);4,6-9H,5H2,1-3H3,(H,12,13);1H4/p+1/b;6-4-,9-7-,10-8-;/t21?,22?,24-,27?;;/m1../s1. The van der Waals surface area contributed by atoms with Crippen LogP contribution in [0.5, 0.6) is 0 Å². The first-order chi connectivity index (χ1) is 22.3. The van der Waals surface area contributed by atoms with E-state index in [1.165, 1.54) is 5.56 Å². The average molecular weight is 666 g/mol. The quantitative estimate of drug-likeness (QED) is 0.0826. The molecule has 48 heavy (non-hydrogen) atoms. The molecule has 9 nitrogen and oxygen atoms in total. The van der Waals surface area contributed by atoms with Gasteiger partial charge in [0, 0.05) is 31.1 Å². The third-order valence-electron chi connectivity index (χ3n) is 9.51. The van der Waals surface area contributed by atoms with Gasteiger partial charge in [0.1, 0.15) is 6.04 Å². The summed E-state index contributed by atoms with van der Waals surface area (Å²) in [5.74, 6) is 0.552. The normalized spacial score (nSPS) is 23.0. The molecule has 4 atom stereocenters. The van der Waals surface area contributed by atoms with E-state index in [4.69, 9.17) is 5.73 Å². The molecule has 7 N–H and O–H groups in total. The number of rotatable bonds is 13. The van der Waals surface area contributed by atoms with Crippen LogP contribution >= 0.6 is 0 Å². The Balaban J connectivity index is 0.000000699. The summed E-state index contributed by atoms with van der Waals surface area (Å²) in [5, 5.41) is 20.4. The molecule has 1 aliphatic heterocycles. The predicted octanol–water partition coefficient (Wildman–Crippen LogP) is 3.64. The number of carbonyl (C=O) groups excluding carboxylic acids is 2. The Morgan fingerprint density at radius 2 is 1.94 bits per heavy atom. The highest BCUT2D eigenvalue weighted by molar-refractivity contribution is 5.96. The van der Waals surface area contributed by atoms with Crippen molar-refractivity contribution in [1.82, 2.24) is 20.9 Å². The van der Waals surface area contributed by atoms with Crippen LogP contribution in [0.4, 0.5) is 0 Å². The number of amides is 2. The Bertz CT molecular complexity index is 1330. The van der Waals surface area contributed by atoms with E-state index in [0.29, 0.717) is 24.5 Å². The summed E-state index contributed by atoms with van der Waals surface area (Å²) < 4.78 is 0. The van der Waals surface area contributed by atoms with Crippen molar-refractivity contribution >= 4 is 17.6 Å². The lowest BCUT2D eigenvalue weighted by Gasteiger charge is -2.39. The van der Waals surface area contributed by atoms with E-state index >= 15 is 0 Å². The Hall–Kier alpha value is -3.69. The molecule has 3 rings (SSSR count). The minimum absolute atomic E-state index is 0. The minimum atomic E-state index is -0.782. The topological polar surface area (TPSA) is 134 Å². The van der Waals surface area contributed by atoms with Gasteiger partial charge < -0.3 is 21.1 Å². The van der Waals surface area contributed by atoms with E-state index < -0.39 is 17.7 Å². The number of aliphatic hydroxyl groups excluding tert-OH is 1. The second kappa shape index (κ2) is 20.0. The summed E-state index contributed by atoms with van der Waals surface area (Å²) in [6, 6.07) is 5.48. The number of nitrogens with one attached hydrogen (secondary N) is 4. The molecule has 1 heterocycles. The molecule has 3 unspecified atom stereocenters. The number of carbonyl (C=O) groups is 2. The van der Waals surface area contributed by atoms with Crippen molar-refractivity contribution in [2.45, 2.75) is 117 Å². The number of allylic oxidation sites excluding steroid dienone is 4. The molecule has 1 saturated heterocycles. The fourth-order valence-corrected chi connectivity index (χ4v) is 6.65. The summed E-state index contributed by atoms with van der Waals surface area (Å²) in [7, 11) is 3.62. The van der Waals surface area contributed by atoms with E-state index in [1.807, 2.05) is 70.3 Å². The molecule has 9 heteroatoms. The number of amidine groups is 1. The molecule has 2 aliphatic rings. The summed E-state index contributed by atoms with van der Waals surface area (Å²) >= 11 is 0. The molecule has 268 valence electrons. The van der Waals surface area contributed by atoms with Crippen LogP contribution in [0.3, 0.4) is 0 Å². The lowest BCUT2D eigenvalue weighted by molar-refractivity contribution is -0.523. The number of nitrogens with zero attached hydrogens (tertiary/aromatic N) is 1. The van der Waals surface area contributed by atoms with Gasteiger partial charge in [-0.3, -0.25) is 25.2 Å². The Kier molecular flexibility index (Phi) is 17.6. The predicted molar refractivity (Wildman–Crippen MR) is 201 cm³/mol. The van der Waals surface area contributed by atoms with Crippen LogP contribution in [0.1, 0.15) is 103 Å². The first-order valence-corrected chi connectivity index (χ1v) is 17.1. The van der Waals surface area contributed by atoms with Crippen LogP contribution in [0.2, 0.25) is 0 Å². The van der Waals surface area contributed by atoms with Crippen molar-refractivity contribution in [3.8, 4) is 0 Å². The van der Waals surface area contributed by atoms with Crippen LogP contribution in [-0.4, -0.2) is 78.6 Å². The molecule has 1 aliphatic carbocycles. The fourth-order valence-electron chi connectivity index (χ4n) is 6.65. The Morgan fingerprint density at radius 3 is 2.54 bits per heavy atom. The van der Waals surface area contributed by atoms with Gasteiger partial charge >= 0.3 is 0 Å². The lowest BCUT2D eigenvalue weighted by Crippen LogP contribution is -2.90. The Labute approximate surface area is 290 Å². The van der Waals surface area contributed by atoms with Crippen LogP contribution < -0.4 is 26.7 Å². The molecule has 0 radical (unpaired) electrons. The van der Waals surface area contributed by atoms with Gasteiger partial charge in [-0.05, 0) is 87.9 Å². The first kappa shape index (κ1) is 42.3. The van der Waals surface area contributed by atoms with Crippen molar-refractivity contribution in [1.29, 1.82) is 0 Å². The highest BCUT2D eigenvalue weighted by Crippen LogP contribution is 2.38. The van der Waals surface area contributed by atoms with Crippen molar-refractivity contribution in [3.05, 3.63) is 83.6 Å².